The van der Waals surface area contributed by atoms with Crippen LogP contribution in [0, 0.1) is 5.41 Å². The van der Waals surface area contributed by atoms with E-state index < -0.39 is 5.97 Å². The van der Waals surface area contributed by atoms with Gasteiger partial charge in [0.2, 0.25) is 0 Å². The molecule has 1 aromatic carbocycles. The quantitative estimate of drug-likeness (QED) is 0.913. The molecule has 1 aliphatic carbocycles. The van der Waals surface area contributed by atoms with E-state index in [0.29, 0.717) is 17.9 Å². The highest BCUT2D eigenvalue weighted by Crippen LogP contribution is 2.44. The van der Waals surface area contributed by atoms with Crippen molar-refractivity contribution in [3.8, 4) is 5.75 Å². The minimum absolute atomic E-state index is 0.190. The van der Waals surface area contributed by atoms with E-state index in [0.717, 1.165) is 36.9 Å². The lowest BCUT2D eigenvalue weighted by molar-refractivity contribution is -0.139. The van der Waals surface area contributed by atoms with Crippen LogP contribution >= 0.6 is 0 Å². The number of hydrogen-bond acceptors (Lipinski definition) is 4. The molecule has 2 aromatic rings. The van der Waals surface area contributed by atoms with Crippen molar-refractivity contribution in [3.63, 3.8) is 0 Å². The fraction of sp³-hybridized carbons (Fsp3) is 0.500. The third-order valence-corrected chi connectivity index (χ3v) is 4.36. The molecule has 5 nitrogen and oxygen atoms in total. The zero-order chi connectivity index (χ0) is 14.9. The molecular formula is C16H19NO4. The monoisotopic (exact) mass is 289 g/mol. The number of aromatic nitrogens is 1. The van der Waals surface area contributed by atoms with Crippen LogP contribution < -0.4 is 4.74 Å². The second kappa shape index (κ2) is 5.39. The van der Waals surface area contributed by atoms with Crippen molar-refractivity contribution in [3.05, 3.63) is 24.1 Å². The van der Waals surface area contributed by atoms with Crippen molar-refractivity contribution in [1.29, 1.82) is 0 Å². The molecular weight excluding hydrogens is 270 g/mol. The lowest BCUT2D eigenvalue weighted by atomic mass is 9.79. The lowest BCUT2D eigenvalue weighted by Crippen LogP contribution is -2.23. The van der Waals surface area contributed by atoms with Crippen molar-refractivity contribution in [2.75, 3.05) is 7.11 Å². The van der Waals surface area contributed by atoms with E-state index in [1.165, 1.54) is 0 Å². The minimum atomic E-state index is -0.741. The van der Waals surface area contributed by atoms with Crippen LogP contribution in [0.5, 0.6) is 5.75 Å². The summed E-state index contributed by atoms with van der Waals surface area (Å²) in [5.41, 5.74) is 1.28. The SMILES string of the molecule is COc1ccc2oc(CC3(CC(=O)O)CCCC3)nc2c1. The Morgan fingerprint density at radius 3 is 2.86 bits per heavy atom. The second-order valence-electron chi connectivity index (χ2n) is 5.90. The molecule has 0 radical (unpaired) electrons. The summed E-state index contributed by atoms with van der Waals surface area (Å²) < 4.78 is 11.0. The summed E-state index contributed by atoms with van der Waals surface area (Å²) in [5.74, 6) is 0.625. The summed E-state index contributed by atoms with van der Waals surface area (Å²) in [7, 11) is 1.61. The molecule has 0 bridgehead atoms. The number of hydrogen-bond donors (Lipinski definition) is 1. The predicted molar refractivity (Wildman–Crippen MR) is 77.4 cm³/mol. The topological polar surface area (TPSA) is 72.6 Å². The van der Waals surface area contributed by atoms with Crippen molar-refractivity contribution in [2.24, 2.45) is 5.41 Å². The van der Waals surface area contributed by atoms with Gasteiger partial charge < -0.3 is 14.3 Å². The van der Waals surface area contributed by atoms with Gasteiger partial charge in [0.15, 0.2) is 11.5 Å². The summed E-state index contributed by atoms with van der Waals surface area (Å²) in [5, 5.41) is 9.16. The molecule has 0 saturated heterocycles. The molecule has 5 heteroatoms. The summed E-state index contributed by atoms with van der Waals surface area (Å²) in [4.78, 5) is 15.6. The van der Waals surface area contributed by atoms with E-state index >= 15 is 0 Å². The van der Waals surface area contributed by atoms with Crippen LogP contribution in [0.3, 0.4) is 0 Å². The predicted octanol–water partition coefficient (Wildman–Crippen LogP) is 3.41. The summed E-state index contributed by atoms with van der Waals surface area (Å²) in [6, 6.07) is 5.50. The maximum Gasteiger partial charge on any atom is 0.303 e. The molecule has 1 heterocycles. The molecule has 1 N–H and O–H groups in total. The van der Waals surface area contributed by atoms with E-state index in [1.54, 1.807) is 7.11 Å². The van der Waals surface area contributed by atoms with Gasteiger partial charge in [-0.25, -0.2) is 4.98 Å². The number of methoxy groups -OCH3 is 1. The van der Waals surface area contributed by atoms with E-state index in [9.17, 15) is 4.79 Å². The number of ether oxygens (including phenoxy) is 1. The number of carboxylic acids is 1. The molecule has 0 aliphatic heterocycles. The van der Waals surface area contributed by atoms with E-state index in [1.807, 2.05) is 18.2 Å². The first-order valence-corrected chi connectivity index (χ1v) is 7.25. The zero-order valence-electron chi connectivity index (χ0n) is 12.1. The Hall–Kier alpha value is -2.04. The standard InChI is InChI=1S/C16H19NO4/c1-20-11-4-5-13-12(8-11)17-14(21-13)9-16(10-15(18)19)6-2-3-7-16/h4-5,8H,2-3,6-7,9-10H2,1H3,(H,18,19). The molecule has 1 fully saturated rings. The molecule has 0 unspecified atom stereocenters. The van der Waals surface area contributed by atoms with Crippen LogP contribution in [0.4, 0.5) is 0 Å². The number of aliphatic carboxylic acids is 1. The van der Waals surface area contributed by atoms with Gasteiger partial charge in [0.05, 0.1) is 13.5 Å². The molecule has 21 heavy (non-hydrogen) atoms. The molecule has 3 rings (SSSR count). The Kier molecular flexibility index (Phi) is 3.57. The minimum Gasteiger partial charge on any atom is -0.497 e. The third kappa shape index (κ3) is 2.86. The molecule has 1 aliphatic rings. The third-order valence-electron chi connectivity index (χ3n) is 4.36. The van der Waals surface area contributed by atoms with Gasteiger partial charge in [-0.05, 0) is 30.4 Å². The lowest BCUT2D eigenvalue weighted by Gasteiger charge is -2.25. The largest absolute Gasteiger partial charge is 0.497 e. The number of rotatable bonds is 5. The van der Waals surface area contributed by atoms with Crippen molar-refractivity contribution >= 4 is 17.1 Å². The number of fused-ring (bicyclic) bond motifs is 1. The Morgan fingerprint density at radius 1 is 1.43 bits per heavy atom. The van der Waals surface area contributed by atoms with Gasteiger partial charge in [-0.15, -0.1) is 0 Å². The van der Waals surface area contributed by atoms with Crippen LogP contribution in [-0.2, 0) is 11.2 Å². The van der Waals surface area contributed by atoms with Crippen molar-refractivity contribution in [2.45, 2.75) is 38.5 Å². The van der Waals surface area contributed by atoms with Crippen molar-refractivity contribution in [1.82, 2.24) is 4.98 Å². The van der Waals surface area contributed by atoms with Crippen LogP contribution in [0.1, 0.15) is 38.0 Å². The van der Waals surface area contributed by atoms with E-state index in [4.69, 9.17) is 14.3 Å². The summed E-state index contributed by atoms with van der Waals surface area (Å²) in [6.07, 6.45) is 4.82. The maximum atomic E-state index is 11.1. The smallest absolute Gasteiger partial charge is 0.303 e. The van der Waals surface area contributed by atoms with Gasteiger partial charge >= 0.3 is 5.97 Å². The molecule has 1 saturated carbocycles. The van der Waals surface area contributed by atoms with E-state index in [-0.39, 0.29) is 11.8 Å². The Labute approximate surface area is 122 Å². The zero-order valence-corrected chi connectivity index (χ0v) is 12.1. The molecule has 0 spiro atoms. The molecule has 0 atom stereocenters. The highest BCUT2D eigenvalue weighted by Gasteiger charge is 2.37. The number of nitrogens with zero attached hydrogens (tertiary/aromatic N) is 1. The van der Waals surface area contributed by atoms with Gasteiger partial charge in [0, 0.05) is 12.5 Å². The fourth-order valence-corrected chi connectivity index (χ4v) is 3.34. The number of carboxylic acid groups (broad SMARTS) is 1. The first kappa shape index (κ1) is 13.9. The second-order valence-corrected chi connectivity index (χ2v) is 5.90. The van der Waals surface area contributed by atoms with Crippen LogP contribution in [0.2, 0.25) is 0 Å². The molecule has 1 aromatic heterocycles. The first-order chi connectivity index (χ1) is 10.1. The van der Waals surface area contributed by atoms with Crippen LogP contribution in [-0.4, -0.2) is 23.2 Å². The Morgan fingerprint density at radius 2 is 2.19 bits per heavy atom. The average Bonchev–Trinajstić information content (AvgIpc) is 3.03. The van der Waals surface area contributed by atoms with Crippen LogP contribution in [0.25, 0.3) is 11.1 Å². The van der Waals surface area contributed by atoms with E-state index in [2.05, 4.69) is 4.98 Å². The Bertz CT molecular complexity index is 655. The van der Waals surface area contributed by atoms with Crippen LogP contribution in [0.15, 0.2) is 22.6 Å². The fourth-order valence-electron chi connectivity index (χ4n) is 3.34. The number of oxazole rings is 1. The van der Waals surface area contributed by atoms with Gasteiger partial charge in [-0.2, -0.15) is 0 Å². The molecule has 0 amide bonds. The Balaban J connectivity index is 1.87. The van der Waals surface area contributed by atoms with Gasteiger partial charge in [0.1, 0.15) is 11.3 Å². The molecule has 112 valence electrons. The normalized spacial score (nSPS) is 17.2. The highest BCUT2D eigenvalue weighted by molar-refractivity contribution is 5.74. The summed E-state index contributed by atoms with van der Waals surface area (Å²) in [6.45, 7) is 0. The van der Waals surface area contributed by atoms with Gasteiger partial charge in [-0.3, -0.25) is 4.79 Å². The average molecular weight is 289 g/mol. The van der Waals surface area contributed by atoms with Gasteiger partial charge in [-0.1, -0.05) is 12.8 Å². The first-order valence-electron chi connectivity index (χ1n) is 7.25. The van der Waals surface area contributed by atoms with Gasteiger partial charge in [0.25, 0.3) is 0 Å². The van der Waals surface area contributed by atoms with Crippen molar-refractivity contribution < 1.29 is 19.1 Å². The number of benzene rings is 1. The highest BCUT2D eigenvalue weighted by atomic mass is 16.5. The number of carbonyl (C=O) groups is 1. The maximum absolute atomic E-state index is 11.1. The summed E-state index contributed by atoms with van der Waals surface area (Å²) >= 11 is 0.